The van der Waals surface area contributed by atoms with E-state index in [1.165, 1.54) is 11.8 Å². The number of ether oxygens (including phenoxy) is 1. The topological polar surface area (TPSA) is 92.9 Å². The number of nitrogens with zero attached hydrogens (tertiary/aromatic N) is 1. The highest BCUT2D eigenvalue weighted by Gasteiger charge is 2.48. The summed E-state index contributed by atoms with van der Waals surface area (Å²) in [6.45, 7) is 9.99. The summed E-state index contributed by atoms with van der Waals surface area (Å²) < 4.78 is 4.83. The summed E-state index contributed by atoms with van der Waals surface area (Å²) in [6, 6.07) is 0. The van der Waals surface area contributed by atoms with Gasteiger partial charge in [-0.05, 0) is 34.6 Å². The van der Waals surface area contributed by atoms with Gasteiger partial charge in [0, 0.05) is 24.4 Å². The van der Waals surface area contributed by atoms with Crippen LogP contribution < -0.4 is 5.73 Å². The predicted molar refractivity (Wildman–Crippen MR) is 83.5 cm³/mol. The number of nitrogens with two attached hydrogens (primary N) is 1. The Morgan fingerprint density at radius 2 is 1.81 bits per heavy atom. The highest BCUT2D eigenvalue weighted by molar-refractivity contribution is 8.00. The summed E-state index contributed by atoms with van der Waals surface area (Å²) in [5.41, 5.74) is 5.04. The molecule has 1 rings (SSSR count). The Bertz CT molecular complexity index is 406. The van der Waals surface area contributed by atoms with Gasteiger partial charge < -0.3 is 20.5 Å². The maximum atomic E-state index is 11.9. The largest absolute Gasteiger partial charge is 0.481 e. The van der Waals surface area contributed by atoms with E-state index < -0.39 is 22.4 Å². The molecule has 0 saturated carbocycles. The van der Waals surface area contributed by atoms with Crippen LogP contribution in [0.3, 0.4) is 0 Å². The molecule has 6 nitrogen and oxygen atoms in total. The molecule has 3 N–H and O–H groups in total. The Balaban J connectivity index is 2.61. The molecule has 0 radical (unpaired) electrons. The van der Waals surface area contributed by atoms with Crippen LogP contribution in [-0.2, 0) is 9.53 Å². The molecule has 0 aromatic heterocycles. The summed E-state index contributed by atoms with van der Waals surface area (Å²) in [5.74, 6) is -0.219. The van der Waals surface area contributed by atoms with Gasteiger partial charge in [-0.15, -0.1) is 11.8 Å². The lowest BCUT2D eigenvalue weighted by Gasteiger charge is -2.49. The first-order chi connectivity index (χ1) is 9.32. The molecule has 1 aliphatic rings. The lowest BCUT2D eigenvalue weighted by atomic mass is 9.95. The molecule has 1 saturated heterocycles. The van der Waals surface area contributed by atoms with Crippen molar-refractivity contribution in [3.8, 4) is 0 Å². The fourth-order valence-corrected chi connectivity index (χ4v) is 3.37. The summed E-state index contributed by atoms with van der Waals surface area (Å²) in [7, 11) is 0. The molecule has 122 valence electrons. The van der Waals surface area contributed by atoms with Gasteiger partial charge in [0.05, 0.1) is 11.2 Å². The van der Waals surface area contributed by atoms with Crippen LogP contribution in [0.15, 0.2) is 0 Å². The Morgan fingerprint density at radius 1 is 1.29 bits per heavy atom. The zero-order chi connectivity index (χ0) is 16.5. The van der Waals surface area contributed by atoms with Gasteiger partial charge >= 0.3 is 12.1 Å². The third-order valence-electron chi connectivity index (χ3n) is 2.83. The lowest BCUT2D eigenvalue weighted by Crippen LogP contribution is -2.63. The SMILES string of the molecule is CC(C)(N)CSC1(CC(=O)O)CN(C(=O)OC(C)(C)C)C1. The molecule has 0 aliphatic carbocycles. The van der Waals surface area contributed by atoms with Crippen LogP contribution in [0.4, 0.5) is 4.79 Å². The van der Waals surface area contributed by atoms with Crippen LogP contribution in [-0.4, -0.2) is 56.8 Å². The van der Waals surface area contributed by atoms with E-state index in [4.69, 9.17) is 15.6 Å². The van der Waals surface area contributed by atoms with Gasteiger partial charge in [-0.2, -0.15) is 0 Å². The normalized spacial score (nSPS) is 18.1. The monoisotopic (exact) mass is 318 g/mol. The number of hydrogen-bond acceptors (Lipinski definition) is 5. The van der Waals surface area contributed by atoms with E-state index in [0.717, 1.165) is 0 Å². The fraction of sp³-hybridized carbons (Fsp3) is 0.857. The van der Waals surface area contributed by atoms with Gasteiger partial charge in [-0.3, -0.25) is 4.79 Å². The summed E-state index contributed by atoms with van der Waals surface area (Å²) in [5, 5.41) is 9.08. The van der Waals surface area contributed by atoms with E-state index in [2.05, 4.69) is 0 Å². The molecule has 0 unspecified atom stereocenters. The zero-order valence-electron chi connectivity index (χ0n) is 13.4. The summed E-state index contributed by atoms with van der Waals surface area (Å²) in [4.78, 5) is 24.5. The standard InChI is InChI=1S/C14H26N2O4S/c1-12(2,3)20-11(19)16-7-14(8-16,6-10(17)18)21-9-13(4,5)15/h6-9,15H2,1-5H3,(H,17,18). The van der Waals surface area contributed by atoms with Crippen molar-refractivity contribution in [1.82, 2.24) is 4.90 Å². The van der Waals surface area contributed by atoms with E-state index >= 15 is 0 Å². The highest BCUT2D eigenvalue weighted by Crippen LogP contribution is 2.40. The third kappa shape index (κ3) is 6.13. The van der Waals surface area contributed by atoms with Crippen LogP contribution in [0.1, 0.15) is 41.0 Å². The Morgan fingerprint density at radius 3 is 2.19 bits per heavy atom. The van der Waals surface area contributed by atoms with Crippen LogP contribution in [0.25, 0.3) is 0 Å². The van der Waals surface area contributed by atoms with Crippen molar-refractivity contribution in [3.05, 3.63) is 0 Å². The molecular formula is C14H26N2O4S. The number of hydrogen-bond donors (Lipinski definition) is 2. The number of carboxylic acid groups (broad SMARTS) is 1. The Hall–Kier alpha value is -0.950. The minimum Gasteiger partial charge on any atom is -0.481 e. The van der Waals surface area contributed by atoms with Crippen molar-refractivity contribution in [2.45, 2.75) is 56.9 Å². The van der Waals surface area contributed by atoms with Crippen molar-refractivity contribution in [2.75, 3.05) is 18.8 Å². The average molecular weight is 318 g/mol. The number of aliphatic carboxylic acids is 1. The molecule has 7 heteroatoms. The van der Waals surface area contributed by atoms with Crippen LogP contribution >= 0.6 is 11.8 Å². The van der Waals surface area contributed by atoms with Gasteiger partial charge in [0.15, 0.2) is 0 Å². The van der Waals surface area contributed by atoms with Crippen LogP contribution in [0.5, 0.6) is 0 Å². The maximum absolute atomic E-state index is 11.9. The molecule has 0 bridgehead atoms. The molecule has 0 spiro atoms. The summed E-state index contributed by atoms with van der Waals surface area (Å²) >= 11 is 1.53. The number of thioether (sulfide) groups is 1. The Labute approximate surface area is 130 Å². The van der Waals surface area contributed by atoms with E-state index in [1.54, 1.807) is 25.7 Å². The molecule has 1 heterocycles. The van der Waals surface area contributed by atoms with Gasteiger partial charge in [-0.1, -0.05) is 0 Å². The average Bonchev–Trinajstić information content (AvgIpc) is 2.16. The third-order valence-corrected chi connectivity index (χ3v) is 4.74. The fourth-order valence-electron chi connectivity index (χ4n) is 1.97. The van der Waals surface area contributed by atoms with Gasteiger partial charge in [0.1, 0.15) is 5.60 Å². The summed E-state index contributed by atoms with van der Waals surface area (Å²) in [6.07, 6.45) is -0.372. The maximum Gasteiger partial charge on any atom is 0.410 e. The second-order valence-electron chi connectivity index (χ2n) is 7.37. The number of carbonyl (C=O) groups is 2. The van der Waals surface area contributed by atoms with Crippen molar-refractivity contribution >= 4 is 23.8 Å². The van der Waals surface area contributed by atoms with E-state index in [9.17, 15) is 9.59 Å². The van der Waals surface area contributed by atoms with Gasteiger partial charge in [0.2, 0.25) is 0 Å². The molecule has 0 atom stereocenters. The minimum absolute atomic E-state index is 0.0209. The number of carbonyl (C=O) groups excluding carboxylic acids is 1. The van der Waals surface area contributed by atoms with Crippen molar-refractivity contribution in [3.63, 3.8) is 0 Å². The smallest absolute Gasteiger partial charge is 0.410 e. The molecule has 1 aliphatic heterocycles. The second-order valence-corrected chi connectivity index (χ2v) is 8.81. The van der Waals surface area contributed by atoms with Gasteiger partial charge in [0.25, 0.3) is 0 Å². The van der Waals surface area contributed by atoms with E-state index in [-0.39, 0.29) is 12.0 Å². The first-order valence-electron chi connectivity index (χ1n) is 6.95. The first-order valence-corrected chi connectivity index (χ1v) is 7.93. The molecule has 21 heavy (non-hydrogen) atoms. The molecule has 1 amide bonds. The number of carboxylic acids is 1. The zero-order valence-corrected chi connectivity index (χ0v) is 14.2. The van der Waals surface area contributed by atoms with Gasteiger partial charge in [-0.25, -0.2) is 4.79 Å². The number of likely N-dealkylation sites (tertiary alicyclic amines) is 1. The number of rotatable bonds is 5. The molecule has 1 fully saturated rings. The predicted octanol–water partition coefficient (Wildman–Crippen LogP) is 1.92. The minimum atomic E-state index is -0.860. The second kappa shape index (κ2) is 6.04. The van der Waals surface area contributed by atoms with Crippen molar-refractivity contribution < 1.29 is 19.4 Å². The van der Waals surface area contributed by atoms with Crippen LogP contribution in [0, 0.1) is 0 Å². The van der Waals surface area contributed by atoms with Crippen molar-refractivity contribution in [2.24, 2.45) is 5.73 Å². The van der Waals surface area contributed by atoms with Crippen molar-refractivity contribution in [1.29, 1.82) is 0 Å². The van der Waals surface area contributed by atoms with Crippen LogP contribution in [0.2, 0.25) is 0 Å². The molecular weight excluding hydrogens is 292 g/mol. The Kier molecular flexibility index (Phi) is 5.21. The molecule has 0 aromatic carbocycles. The number of amides is 1. The molecule has 0 aromatic rings. The quantitative estimate of drug-likeness (QED) is 0.804. The highest BCUT2D eigenvalue weighted by atomic mass is 32.2. The van der Waals surface area contributed by atoms with E-state index in [1.807, 2.05) is 13.8 Å². The first kappa shape index (κ1) is 18.1. The van der Waals surface area contributed by atoms with E-state index in [0.29, 0.717) is 18.8 Å². The lowest BCUT2D eigenvalue weighted by molar-refractivity contribution is -0.138.